The summed E-state index contributed by atoms with van der Waals surface area (Å²) in [5, 5.41) is 10.2. The molecule has 2 aliphatic rings. The fourth-order valence-corrected chi connectivity index (χ4v) is 4.35. The number of hydrogen-bond donors (Lipinski definition) is 1. The van der Waals surface area contributed by atoms with E-state index >= 15 is 0 Å². The van der Waals surface area contributed by atoms with Crippen LogP contribution in [0.1, 0.15) is 36.8 Å². The molecule has 1 saturated carbocycles. The first-order valence-electron chi connectivity index (χ1n) is 11.3. The van der Waals surface area contributed by atoms with Crippen LogP contribution in [0.25, 0.3) is 0 Å². The SMILES string of the molecule is COc1ccc(C2CN(C(=O)COCc3ccccc3)CC2(C)CO)cc1OCC1CC1. The van der Waals surface area contributed by atoms with Crippen LogP contribution in [0.2, 0.25) is 0 Å². The fraction of sp³-hybridized carbons (Fsp3) is 0.500. The smallest absolute Gasteiger partial charge is 0.248 e. The van der Waals surface area contributed by atoms with Gasteiger partial charge in [0, 0.05) is 24.4 Å². The molecule has 1 heterocycles. The third kappa shape index (κ3) is 5.25. The van der Waals surface area contributed by atoms with Crippen molar-refractivity contribution in [2.75, 3.05) is 40.0 Å². The zero-order chi connectivity index (χ0) is 22.6. The number of methoxy groups -OCH3 is 1. The van der Waals surface area contributed by atoms with Crippen molar-refractivity contribution in [2.45, 2.75) is 32.3 Å². The number of carbonyl (C=O) groups excluding carboxylic acids is 1. The Hall–Kier alpha value is -2.57. The molecule has 6 heteroatoms. The van der Waals surface area contributed by atoms with Crippen LogP contribution in [-0.4, -0.2) is 55.9 Å². The van der Waals surface area contributed by atoms with E-state index < -0.39 is 5.41 Å². The number of ether oxygens (including phenoxy) is 3. The van der Waals surface area contributed by atoms with E-state index in [4.69, 9.17) is 14.2 Å². The highest BCUT2D eigenvalue weighted by Gasteiger charge is 2.45. The molecule has 0 radical (unpaired) electrons. The van der Waals surface area contributed by atoms with E-state index in [0.717, 1.165) is 16.9 Å². The predicted molar refractivity (Wildman–Crippen MR) is 122 cm³/mol. The summed E-state index contributed by atoms with van der Waals surface area (Å²) in [7, 11) is 1.64. The Morgan fingerprint density at radius 1 is 1.16 bits per heavy atom. The average Bonchev–Trinajstić information content (AvgIpc) is 3.58. The largest absolute Gasteiger partial charge is 0.493 e. The number of carbonyl (C=O) groups is 1. The van der Waals surface area contributed by atoms with Gasteiger partial charge in [-0.1, -0.05) is 43.3 Å². The molecule has 2 fully saturated rings. The molecule has 1 aliphatic carbocycles. The summed E-state index contributed by atoms with van der Waals surface area (Å²) >= 11 is 0. The van der Waals surface area contributed by atoms with Crippen molar-refractivity contribution in [1.29, 1.82) is 0 Å². The third-order valence-electron chi connectivity index (χ3n) is 6.61. The molecule has 2 unspecified atom stereocenters. The summed E-state index contributed by atoms with van der Waals surface area (Å²) in [6.07, 6.45) is 2.44. The van der Waals surface area contributed by atoms with Crippen LogP contribution >= 0.6 is 0 Å². The topological polar surface area (TPSA) is 68.2 Å². The Bertz CT molecular complexity index is 914. The van der Waals surface area contributed by atoms with Crippen LogP contribution in [-0.2, 0) is 16.1 Å². The molecular formula is C26H33NO5. The highest BCUT2D eigenvalue weighted by molar-refractivity contribution is 5.78. The number of nitrogens with zero attached hydrogens (tertiary/aromatic N) is 1. The lowest BCUT2D eigenvalue weighted by atomic mass is 9.76. The molecule has 6 nitrogen and oxygen atoms in total. The highest BCUT2D eigenvalue weighted by Crippen LogP contribution is 2.44. The number of hydrogen-bond acceptors (Lipinski definition) is 5. The van der Waals surface area contributed by atoms with E-state index in [1.807, 2.05) is 55.5 Å². The van der Waals surface area contributed by atoms with Crippen molar-refractivity contribution in [3.8, 4) is 11.5 Å². The summed E-state index contributed by atoms with van der Waals surface area (Å²) in [5.74, 6) is 2.02. The Kier molecular flexibility index (Phi) is 7.01. The molecule has 32 heavy (non-hydrogen) atoms. The minimum atomic E-state index is -0.433. The molecule has 0 bridgehead atoms. The number of amides is 1. The second kappa shape index (κ2) is 9.92. The van der Waals surface area contributed by atoms with Gasteiger partial charge in [-0.2, -0.15) is 0 Å². The van der Waals surface area contributed by atoms with E-state index in [1.165, 1.54) is 12.8 Å². The molecule has 2 aromatic carbocycles. The summed E-state index contributed by atoms with van der Waals surface area (Å²) in [6, 6.07) is 15.8. The molecule has 4 rings (SSSR count). The van der Waals surface area contributed by atoms with Crippen molar-refractivity contribution in [2.24, 2.45) is 11.3 Å². The standard InChI is InChI=1S/C26H33NO5/c1-26(18-28)17-27(25(29)16-31-14-19-6-4-3-5-7-19)13-22(26)21-10-11-23(30-2)24(12-21)32-15-20-8-9-20/h3-7,10-12,20,22,28H,8-9,13-18H2,1-2H3. The normalized spacial score (nSPS) is 22.7. The van der Waals surface area contributed by atoms with Crippen molar-refractivity contribution in [3.05, 3.63) is 59.7 Å². The minimum Gasteiger partial charge on any atom is -0.493 e. The van der Waals surface area contributed by atoms with E-state index in [9.17, 15) is 9.90 Å². The van der Waals surface area contributed by atoms with Gasteiger partial charge in [0.25, 0.3) is 0 Å². The summed E-state index contributed by atoms with van der Waals surface area (Å²) < 4.78 is 17.2. The van der Waals surface area contributed by atoms with Gasteiger partial charge in [0.15, 0.2) is 11.5 Å². The van der Waals surface area contributed by atoms with Gasteiger partial charge in [0.2, 0.25) is 5.91 Å². The molecule has 2 aromatic rings. The van der Waals surface area contributed by atoms with E-state index in [-0.39, 0.29) is 25.0 Å². The van der Waals surface area contributed by atoms with Gasteiger partial charge in [-0.05, 0) is 42.0 Å². The van der Waals surface area contributed by atoms with Gasteiger partial charge in [-0.25, -0.2) is 0 Å². The van der Waals surface area contributed by atoms with Gasteiger partial charge in [-0.15, -0.1) is 0 Å². The zero-order valence-corrected chi connectivity index (χ0v) is 19.0. The number of benzene rings is 2. The number of rotatable bonds is 10. The Morgan fingerprint density at radius 2 is 1.94 bits per heavy atom. The second-order valence-electron chi connectivity index (χ2n) is 9.28. The van der Waals surface area contributed by atoms with E-state index in [2.05, 4.69) is 0 Å². The summed E-state index contributed by atoms with van der Waals surface area (Å²) in [5.41, 5.74) is 1.66. The van der Waals surface area contributed by atoms with Crippen LogP contribution < -0.4 is 9.47 Å². The number of aliphatic hydroxyl groups excluding tert-OH is 1. The zero-order valence-electron chi connectivity index (χ0n) is 19.0. The van der Waals surface area contributed by atoms with Crippen LogP contribution in [0.5, 0.6) is 11.5 Å². The first-order chi connectivity index (χ1) is 15.5. The maximum Gasteiger partial charge on any atom is 0.248 e. The van der Waals surface area contributed by atoms with Crippen LogP contribution in [0.15, 0.2) is 48.5 Å². The van der Waals surface area contributed by atoms with Crippen molar-refractivity contribution >= 4 is 5.91 Å². The maximum absolute atomic E-state index is 12.8. The van der Waals surface area contributed by atoms with E-state index in [0.29, 0.717) is 38.0 Å². The van der Waals surface area contributed by atoms with Gasteiger partial charge in [0.05, 0.1) is 26.9 Å². The van der Waals surface area contributed by atoms with Gasteiger partial charge in [-0.3, -0.25) is 4.79 Å². The molecule has 1 amide bonds. The van der Waals surface area contributed by atoms with E-state index in [1.54, 1.807) is 12.0 Å². The second-order valence-corrected chi connectivity index (χ2v) is 9.28. The van der Waals surface area contributed by atoms with Gasteiger partial charge in [0.1, 0.15) is 6.61 Å². The quantitative estimate of drug-likeness (QED) is 0.612. The van der Waals surface area contributed by atoms with Crippen LogP contribution in [0, 0.1) is 11.3 Å². The average molecular weight is 440 g/mol. The monoisotopic (exact) mass is 439 g/mol. The van der Waals surface area contributed by atoms with Gasteiger partial charge >= 0.3 is 0 Å². The first-order valence-corrected chi connectivity index (χ1v) is 11.3. The van der Waals surface area contributed by atoms with Gasteiger partial charge < -0.3 is 24.2 Å². The molecule has 2 atom stereocenters. The highest BCUT2D eigenvalue weighted by atomic mass is 16.5. The lowest BCUT2D eigenvalue weighted by Gasteiger charge is -2.28. The third-order valence-corrected chi connectivity index (χ3v) is 6.61. The molecule has 0 spiro atoms. The Labute approximate surface area is 190 Å². The molecule has 0 aromatic heterocycles. The minimum absolute atomic E-state index is 0.000227. The molecular weight excluding hydrogens is 406 g/mol. The van der Waals surface area contributed by atoms with Crippen molar-refractivity contribution < 1.29 is 24.1 Å². The lowest BCUT2D eigenvalue weighted by Crippen LogP contribution is -2.35. The lowest BCUT2D eigenvalue weighted by molar-refractivity contribution is -0.136. The van der Waals surface area contributed by atoms with Crippen molar-refractivity contribution in [3.63, 3.8) is 0 Å². The summed E-state index contributed by atoms with van der Waals surface area (Å²) in [6.45, 7) is 4.19. The Morgan fingerprint density at radius 3 is 2.62 bits per heavy atom. The van der Waals surface area contributed by atoms with Crippen molar-refractivity contribution in [1.82, 2.24) is 4.90 Å². The Balaban J connectivity index is 1.42. The maximum atomic E-state index is 12.8. The molecule has 1 N–H and O–H groups in total. The predicted octanol–water partition coefficient (Wildman–Crippen LogP) is 3.63. The number of aliphatic hydroxyl groups is 1. The van der Waals surface area contributed by atoms with Crippen LogP contribution in [0.3, 0.4) is 0 Å². The van der Waals surface area contributed by atoms with Crippen LogP contribution in [0.4, 0.5) is 0 Å². The fourth-order valence-electron chi connectivity index (χ4n) is 4.35. The molecule has 1 saturated heterocycles. The number of likely N-dealkylation sites (tertiary alicyclic amines) is 1. The molecule has 1 aliphatic heterocycles. The first kappa shape index (κ1) is 22.6. The molecule has 172 valence electrons. The summed E-state index contributed by atoms with van der Waals surface area (Å²) in [4.78, 5) is 14.6.